The van der Waals surface area contributed by atoms with Crippen LogP contribution in [-0.2, 0) is 0 Å². The Morgan fingerprint density at radius 2 is 1.76 bits per heavy atom. The van der Waals surface area contributed by atoms with E-state index in [2.05, 4.69) is 0 Å². The van der Waals surface area contributed by atoms with Gasteiger partial charge in [0.15, 0.2) is 11.6 Å². The maximum atomic E-state index is 13.8. The van der Waals surface area contributed by atoms with E-state index in [1.54, 1.807) is 6.07 Å². The summed E-state index contributed by atoms with van der Waals surface area (Å²) in [6, 6.07) is 3.32. The van der Waals surface area contributed by atoms with E-state index in [9.17, 15) is 8.78 Å². The first-order valence-corrected chi connectivity index (χ1v) is 5.91. The number of ether oxygens (including phenoxy) is 1. The molecular formula is C13H17F2NO. The molecule has 0 spiro atoms. The van der Waals surface area contributed by atoms with Gasteiger partial charge < -0.3 is 10.5 Å². The summed E-state index contributed by atoms with van der Waals surface area (Å²) >= 11 is 0. The second-order valence-electron chi connectivity index (χ2n) is 4.60. The fourth-order valence-corrected chi connectivity index (χ4v) is 2.45. The van der Waals surface area contributed by atoms with Gasteiger partial charge in [0.1, 0.15) is 0 Å². The highest BCUT2D eigenvalue weighted by molar-refractivity contribution is 5.33. The standard InChI is InChI=1S/C13H17F2NO/c1-17-11-7-6-10(12(14)13(11)15)8-2-4-9(16)5-3-8/h6-9H,2-5,16H2,1H3. The fourth-order valence-electron chi connectivity index (χ4n) is 2.45. The molecule has 1 aliphatic rings. The number of benzene rings is 1. The van der Waals surface area contributed by atoms with Crippen molar-refractivity contribution in [1.82, 2.24) is 0 Å². The van der Waals surface area contributed by atoms with Crippen LogP contribution in [0.4, 0.5) is 8.78 Å². The Morgan fingerprint density at radius 1 is 1.12 bits per heavy atom. The van der Waals surface area contributed by atoms with Crippen LogP contribution in [-0.4, -0.2) is 13.2 Å². The molecule has 0 aliphatic heterocycles. The van der Waals surface area contributed by atoms with E-state index < -0.39 is 11.6 Å². The third kappa shape index (κ3) is 2.41. The van der Waals surface area contributed by atoms with Crippen molar-refractivity contribution in [1.29, 1.82) is 0 Å². The molecule has 0 saturated heterocycles. The maximum Gasteiger partial charge on any atom is 0.200 e. The summed E-state index contributed by atoms with van der Waals surface area (Å²) in [6.07, 6.45) is 3.39. The zero-order valence-corrected chi connectivity index (χ0v) is 9.88. The fraction of sp³-hybridized carbons (Fsp3) is 0.538. The van der Waals surface area contributed by atoms with E-state index in [-0.39, 0.29) is 17.7 Å². The predicted octanol–water partition coefficient (Wildman–Crippen LogP) is 2.96. The SMILES string of the molecule is COc1ccc(C2CCC(N)CC2)c(F)c1F. The quantitative estimate of drug-likeness (QED) is 0.864. The van der Waals surface area contributed by atoms with Gasteiger partial charge in [0.05, 0.1) is 7.11 Å². The average Bonchev–Trinajstić information content (AvgIpc) is 2.34. The Hall–Kier alpha value is -1.16. The molecule has 0 atom stereocenters. The molecule has 0 bridgehead atoms. The summed E-state index contributed by atoms with van der Waals surface area (Å²) in [5.74, 6) is -1.63. The van der Waals surface area contributed by atoms with Gasteiger partial charge in [-0.25, -0.2) is 4.39 Å². The Morgan fingerprint density at radius 3 is 2.35 bits per heavy atom. The Bertz CT molecular complexity index is 401. The van der Waals surface area contributed by atoms with Crippen molar-refractivity contribution < 1.29 is 13.5 Å². The van der Waals surface area contributed by atoms with Crippen molar-refractivity contribution in [3.05, 3.63) is 29.3 Å². The summed E-state index contributed by atoms with van der Waals surface area (Å²) in [5.41, 5.74) is 6.25. The number of hydrogen-bond acceptors (Lipinski definition) is 2. The highest BCUT2D eigenvalue weighted by atomic mass is 19.2. The van der Waals surface area contributed by atoms with Gasteiger partial charge in [0.2, 0.25) is 5.82 Å². The second kappa shape index (κ2) is 5.00. The van der Waals surface area contributed by atoms with Crippen LogP contribution < -0.4 is 10.5 Å². The molecular weight excluding hydrogens is 224 g/mol. The lowest BCUT2D eigenvalue weighted by Crippen LogP contribution is -2.26. The van der Waals surface area contributed by atoms with Gasteiger partial charge in [0.25, 0.3) is 0 Å². The van der Waals surface area contributed by atoms with E-state index >= 15 is 0 Å². The Balaban J connectivity index is 2.24. The van der Waals surface area contributed by atoms with Crippen LogP contribution in [0.3, 0.4) is 0 Å². The van der Waals surface area contributed by atoms with Gasteiger partial charge in [-0.2, -0.15) is 4.39 Å². The van der Waals surface area contributed by atoms with Crippen LogP contribution in [0.25, 0.3) is 0 Å². The van der Waals surface area contributed by atoms with Crippen LogP contribution in [0, 0.1) is 11.6 Å². The van der Waals surface area contributed by atoms with Gasteiger partial charge in [-0.3, -0.25) is 0 Å². The van der Waals surface area contributed by atoms with Gasteiger partial charge in [-0.15, -0.1) is 0 Å². The molecule has 0 aromatic heterocycles. The van der Waals surface area contributed by atoms with Crippen molar-refractivity contribution in [3.8, 4) is 5.75 Å². The molecule has 0 heterocycles. The number of hydrogen-bond donors (Lipinski definition) is 1. The van der Waals surface area contributed by atoms with Crippen LogP contribution in [0.5, 0.6) is 5.75 Å². The van der Waals surface area contributed by atoms with Crippen molar-refractivity contribution in [3.63, 3.8) is 0 Å². The average molecular weight is 241 g/mol. The van der Waals surface area contributed by atoms with E-state index in [0.29, 0.717) is 5.56 Å². The zero-order valence-electron chi connectivity index (χ0n) is 9.88. The summed E-state index contributed by atoms with van der Waals surface area (Å²) in [4.78, 5) is 0. The smallest absolute Gasteiger partial charge is 0.200 e. The number of methoxy groups -OCH3 is 1. The lowest BCUT2D eigenvalue weighted by Gasteiger charge is -2.26. The first-order chi connectivity index (χ1) is 8.13. The number of nitrogens with two attached hydrogens (primary N) is 1. The maximum absolute atomic E-state index is 13.8. The molecule has 2 nitrogen and oxygen atoms in total. The number of halogens is 2. The van der Waals surface area contributed by atoms with Crippen LogP contribution in [0.15, 0.2) is 12.1 Å². The van der Waals surface area contributed by atoms with E-state index in [0.717, 1.165) is 25.7 Å². The van der Waals surface area contributed by atoms with Gasteiger partial charge in [-0.1, -0.05) is 6.07 Å². The normalized spacial score (nSPS) is 24.7. The van der Waals surface area contributed by atoms with E-state index in [4.69, 9.17) is 10.5 Å². The minimum Gasteiger partial charge on any atom is -0.494 e. The topological polar surface area (TPSA) is 35.2 Å². The second-order valence-corrected chi connectivity index (χ2v) is 4.60. The van der Waals surface area contributed by atoms with Crippen LogP contribution >= 0.6 is 0 Å². The van der Waals surface area contributed by atoms with Crippen LogP contribution in [0.2, 0.25) is 0 Å². The van der Waals surface area contributed by atoms with Crippen molar-refractivity contribution in [2.45, 2.75) is 37.6 Å². The van der Waals surface area contributed by atoms with E-state index in [1.807, 2.05) is 0 Å². The Kier molecular flexibility index (Phi) is 3.62. The largest absolute Gasteiger partial charge is 0.494 e. The summed E-state index contributed by atoms with van der Waals surface area (Å²) in [5, 5.41) is 0. The molecule has 94 valence electrons. The lowest BCUT2D eigenvalue weighted by atomic mass is 9.82. The van der Waals surface area contributed by atoms with Gasteiger partial charge in [-0.05, 0) is 43.2 Å². The molecule has 0 amide bonds. The molecule has 1 aromatic carbocycles. The lowest BCUT2D eigenvalue weighted by molar-refractivity contribution is 0.357. The Labute approximate surface area is 99.8 Å². The summed E-state index contributed by atoms with van der Waals surface area (Å²) in [7, 11) is 1.33. The molecule has 2 rings (SSSR count). The molecule has 1 aliphatic carbocycles. The molecule has 0 unspecified atom stereocenters. The molecule has 17 heavy (non-hydrogen) atoms. The minimum absolute atomic E-state index is 0.0428. The predicted molar refractivity (Wildman–Crippen MR) is 62.1 cm³/mol. The minimum atomic E-state index is -0.889. The highest BCUT2D eigenvalue weighted by Crippen LogP contribution is 2.35. The molecule has 4 heteroatoms. The van der Waals surface area contributed by atoms with E-state index in [1.165, 1.54) is 13.2 Å². The molecule has 2 N–H and O–H groups in total. The van der Waals surface area contributed by atoms with Gasteiger partial charge in [0, 0.05) is 6.04 Å². The monoisotopic (exact) mass is 241 g/mol. The third-order valence-corrected chi connectivity index (χ3v) is 3.51. The van der Waals surface area contributed by atoms with Crippen molar-refractivity contribution in [2.75, 3.05) is 7.11 Å². The highest BCUT2D eigenvalue weighted by Gasteiger charge is 2.25. The molecule has 1 aromatic rings. The first kappa shape index (κ1) is 12.3. The van der Waals surface area contributed by atoms with Crippen LogP contribution in [0.1, 0.15) is 37.2 Å². The van der Waals surface area contributed by atoms with Crippen molar-refractivity contribution in [2.24, 2.45) is 5.73 Å². The first-order valence-electron chi connectivity index (χ1n) is 5.91. The molecule has 1 fully saturated rings. The zero-order chi connectivity index (χ0) is 12.4. The summed E-state index contributed by atoms with van der Waals surface area (Å²) in [6.45, 7) is 0. The summed E-state index contributed by atoms with van der Waals surface area (Å²) < 4.78 is 32.2. The third-order valence-electron chi connectivity index (χ3n) is 3.51. The van der Waals surface area contributed by atoms with Crippen molar-refractivity contribution >= 4 is 0 Å². The molecule has 1 saturated carbocycles. The number of rotatable bonds is 2. The molecule has 0 radical (unpaired) electrons. The van der Waals surface area contributed by atoms with Gasteiger partial charge >= 0.3 is 0 Å².